The average Bonchev–Trinajstić information content (AvgIpc) is 2.81. The fourth-order valence-corrected chi connectivity index (χ4v) is 2.44. The topological polar surface area (TPSA) is 71.2 Å². The molecular weight excluding hydrogens is 244 g/mol. The Labute approximate surface area is 111 Å². The predicted octanol–water partition coefficient (Wildman–Crippen LogP) is 1.46. The first kappa shape index (κ1) is 12.1. The molecule has 0 radical (unpaired) electrons. The van der Waals surface area contributed by atoms with Gasteiger partial charge in [0.05, 0.1) is 0 Å². The molecule has 0 aromatic carbocycles. The van der Waals surface area contributed by atoms with Gasteiger partial charge in [0.25, 0.3) is 0 Å². The van der Waals surface area contributed by atoms with Gasteiger partial charge in [0, 0.05) is 25.2 Å². The number of fused-ring (bicyclic) bond motifs is 2. The molecule has 0 aliphatic carbocycles. The first-order chi connectivity index (χ1) is 9.08. The fourth-order valence-electron chi connectivity index (χ4n) is 2.44. The van der Waals surface area contributed by atoms with Crippen LogP contribution in [0.1, 0.15) is 27.7 Å². The third-order valence-corrected chi connectivity index (χ3v) is 3.45. The molecule has 2 aromatic rings. The Hall–Kier alpha value is -1.92. The number of hydrogen-bond donors (Lipinski definition) is 0. The second-order valence-corrected chi connectivity index (χ2v) is 5.36. The normalized spacial score (nSPS) is 15.7. The molecule has 3 heterocycles. The minimum Gasteiger partial charge on any atom is -0.349 e. The molecule has 19 heavy (non-hydrogen) atoms. The minimum atomic E-state index is 0.375. The second kappa shape index (κ2) is 4.32. The van der Waals surface area contributed by atoms with Gasteiger partial charge in [-0.25, -0.2) is 14.6 Å². The van der Waals surface area contributed by atoms with E-state index in [2.05, 4.69) is 57.8 Å². The first-order valence-corrected chi connectivity index (χ1v) is 6.61. The SMILES string of the molecule is CC(C)N1CCN(C(C)C)c2nc3nonc3nc21. The van der Waals surface area contributed by atoms with Gasteiger partial charge in [0.15, 0.2) is 11.6 Å². The standard InChI is InChI=1S/C12H18N6O/c1-7(2)17-5-6-18(8(3)4)12-11(17)13-9-10(14-12)16-19-15-9/h7-8H,5-6H2,1-4H3. The van der Waals surface area contributed by atoms with Crippen LogP contribution in [0.15, 0.2) is 4.63 Å². The molecule has 0 atom stereocenters. The largest absolute Gasteiger partial charge is 0.349 e. The van der Waals surface area contributed by atoms with Gasteiger partial charge in [-0.15, -0.1) is 0 Å². The molecule has 1 aliphatic rings. The van der Waals surface area contributed by atoms with Crippen molar-refractivity contribution in [2.45, 2.75) is 39.8 Å². The maximum Gasteiger partial charge on any atom is 0.245 e. The summed E-state index contributed by atoms with van der Waals surface area (Å²) in [5.41, 5.74) is 0.935. The van der Waals surface area contributed by atoms with E-state index in [-0.39, 0.29) is 0 Å². The molecule has 0 unspecified atom stereocenters. The lowest BCUT2D eigenvalue weighted by Crippen LogP contribution is -2.47. The predicted molar refractivity (Wildman–Crippen MR) is 72.4 cm³/mol. The third-order valence-electron chi connectivity index (χ3n) is 3.45. The Kier molecular flexibility index (Phi) is 2.76. The van der Waals surface area contributed by atoms with Crippen LogP contribution in [-0.2, 0) is 0 Å². The molecule has 3 rings (SSSR count). The van der Waals surface area contributed by atoms with Crippen molar-refractivity contribution in [1.29, 1.82) is 0 Å². The smallest absolute Gasteiger partial charge is 0.245 e. The van der Waals surface area contributed by atoms with Gasteiger partial charge >= 0.3 is 0 Å². The van der Waals surface area contributed by atoms with Gasteiger partial charge in [-0.1, -0.05) is 0 Å². The molecule has 0 bridgehead atoms. The van der Waals surface area contributed by atoms with Gasteiger partial charge in [-0.3, -0.25) is 0 Å². The van der Waals surface area contributed by atoms with Gasteiger partial charge < -0.3 is 9.80 Å². The number of aromatic nitrogens is 4. The zero-order valence-corrected chi connectivity index (χ0v) is 11.7. The van der Waals surface area contributed by atoms with Crippen LogP contribution in [0.25, 0.3) is 11.3 Å². The second-order valence-electron chi connectivity index (χ2n) is 5.36. The summed E-state index contributed by atoms with van der Waals surface area (Å²) in [5, 5.41) is 7.57. The number of nitrogens with zero attached hydrogens (tertiary/aromatic N) is 6. The Morgan fingerprint density at radius 2 is 1.26 bits per heavy atom. The van der Waals surface area contributed by atoms with Gasteiger partial charge in [-0.05, 0) is 38.0 Å². The highest BCUT2D eigenvalue weighted by Crippen LogP contribution is 2.32. The Morgan fingerprint density at radius 3 is 1.63 bits per heavy atom. The monoisotopic (exact) mass is 262 g/mol. The molecule has 0 spiro atoms. The number of hydrogen-bond acceptors (Lipinski definition) is 7. The van der Waals surface area contributed by atoms with Crippen LogP contribution in [-0.4, -0.2) is 45.5 Å². The molecule has 7 nitrogen and oxygen atoms in total. The van der Waals surface area contributed by atoms with Crippen molar-refractivity contribution >= 4 is 22.9 Å². The van der Waals surface area contributed by atoms with Crippen molar-refractivity contribution in [1.82, 2.24) is 20.3 Å². The van der Waals surface area contributed by atoms with E-state index in [0.717, 1.165) is 24.7 Å². The van der Waals surface area contributed by atoms with E-state index >= 15 is 0 Å². The maximum atomic E-state index is 4.71. The number of rotatable bonds is 2. The quantitative estimate of drug-likeness (QED) is 0.811. The molecule has 0 fully saturated rings. The molecule has 0 amide bonds. The van der Waals surface area contributed by atoms with Crippen LogP contribution in [0.4, 0.5) is 11.6 Å². The van der Waals surface area contributed by atoms with E-state index < -0.39 is 0 Å². The van der Waals surface area contributed by atoms with Crippen molar-refractivity contribution in [2.75, 3.05) is 22.9 Å². The van der Waals surface area contributed by atoms with E-state index in [4.69, 9.17) is 4.63 Å². The summed E-state index contributed by atoms with van der Waals surface area (Å²) < 4.78 is 4.71. The summed E-state index contributed by atoms with van der Waals surface area (Å²) in [6.45, 7) is 10.5. The lowest BCUT2D eigenvalue weighted by Gasteiger charge is -2.40. The lowest BCUT2D eigenvalue weighted by atomic mass is 10.2. The third kappa shape index (κ3) is 1.89. The Morgan fingerprint density at radius 1 is 0.842 bits per heavy atom. The highest BCUT2D eigenvalue weighted by molar-refractivity contribution is 5.76. The van der Waals surface area contributed by atoms with Crippen LogP contribution in [0.3, 0.4) is 0 Å². The fraction of sp³-hybridized carbons (Fsp3) is 0.667. The molecule has 0 saturated carbocycles. The minimum absolute atomic E-state index is 0.375. The van der Waals surface area contributed by atoms with Crippen molar-refractivity contribution < 1.29 is 4.63 Å². The van der Waals surface area contributed by atoms with Crippen LogP contribution >= 0.6 is 0 Å². The Bertz CT molecular complexity index is 543. The van der Waals surface area contributed by atoms with Gasteiger partial charge in [0.2, 0.25) is 11.3 Å². The molecular formula is C12H18N6O. The van der Waals surface area contributed by atoms with Gasteiger partial charge in [0.1, 0.15) is 0 Å². The van der Waals surface area contributed by atoms with E-state index in [1.165, 1.54) is 0 Å². The molecule has 1 aliphatic heterocycles. The van der Waals surface area contributed by atoms with Crippen LogP contribution in [0.2, 0.25) is 0 Å². The number of anilines is 2. The summed E-state index contributed by atoms with van der Waals surface area (Å²) in [4.78, 5) is 13.6. The molecule has 0 N–H and O–H groups in total. The highest BCUT2D eigenvalue weighted by atomic mass is 16.6. The summed E-state index contributed by atoms with van der Waals surface area (Å²) in [6.07, 6.45) is 0. The van der Waals surface area contributed by atoms with Crippen molar-refractivity contribution in [3.63, 3.8) is 0 Å². The summed E-state index contributed by atoms with van der Waals surface area (Å²) in [7, 11) is 0. The summed E-state index contributed by atoms with van der Waals surface area (Å²) in [5.74, 6) is 1.75. The molecule has 7 heteroatoms. The van der Waals surface area contributed by atoms with Gasteiger partial charge in [-0.2, -0.15) is 0 Å². The van der Waals surface area contributed by atoms with Crippen LogP contribution in [0.5, 0.6) is 0 Å². The van der Waals surface area contributed by atoms with E-state index in [0.29, 0.717) is 23.4 Å². The molecule has 102 valence electrons. The maximum absolute atomic E-state index is 4.71. The van der Waals surface area contributed by atoms with Crippen molar-refractivity contribution in [3.8, 4) is 0 Å². The van der Waals surface area contributed by atoms with Crippen LogP contribution < -0.4 is 9.80 Å². The van der Waals surface area contributed by atoms with E-state index in [1.807, 2.05) is 0 Å². The van der Waals surface area contributed by atoms with Crippen molar-refractivity contribution in [3.05, 3.63) is 0 Å². The van der Waals surface area contributed by atoms with Crippen LogP contribution in [0, 0.1) is 0 Å². The van der Waals surface area contributed by atoms with E-state index in [1.54, 1.807) is 0 Å². The molecule has 0 saturated heterocycles. The lowest BCUT2D eigenvalue weighted by molar-refractivity contribution is 0.314. The highest BCUT2D eigenvalue weighted by Gasteiger charge is 2.29. The van der Waals surface area contributed by atoms with Crippen molar-refractivity contribution in [2.24, 2.45) is 0 Å². The zero-order valence-electron chi connectivity index (χ0n) is 11.7. The summed E-state index contributed by atoms with van der Waals surface area (Å²) >= 11 is 0. The first-order valence-electron chi connectivity index (χ1n) is 6.61. The average molecular weight is 262 g/mol. The molecule has 2 aromatic heterocycles. The van der Waals surface area contributed by atoms with E-state index in [9.17, 15) is 0 Å². The zero-order chi connectivity index (χ0) is 13.6. The Balaban J connectivity index is 2.18. The summed E-state index contributed by atoms with van der Waals surface area (Å²) in [6, 6.07) is 0.749.